The van der Waals surface area contributed by atoms with Gasteiger partial charge in [0, 0.05) is 0 Å². The molecule has 1 fully saturated rings. The number of quaternary nitrogens is 1. The Morgan fingerprint density at radius 2 is 1.71 bits per heavy atom. The van der Waals surface area contributed by atoms with Crippen LogP contribution in [0.3, 0.4) is 0 Å². The van der Waals surface area contributed by atoms with Crippen LogP contribution in [-0.4, -0.2) is 43.7 Å². The second-order valence-corrected chi connectivity index (χ2v) is 7.72. The molecule has 0 aromatic carbocycles. The van der Waals surface area contributed by atoms with Gasteiger partial charge in [-0.25, -0.2) is 4.79 Å². The summed E-state index contributed by atoms with van der Waals surface area (Å²) in [5.74, 6) is 1.45. The van der Waals surface area contributed by atoms with Gasteiger partial charge in [0.25, 0.3) is 0 Å². The zero-order valence-corrected chi connectivity index (χ0v) is 14.7. The molecular formula is C18H36NO2+. The van der Waals surface area contributed by atoms with Gasteiger partial charge < -0.3 is 9.22 Å². The molecule has 1 aliphatic heterocycles. The van der Waals surface area contributed by atoms with E-state index in [-0.39, 0.29) is 5.97 Å². The topological polar surface area (TPSA) is 26.3 Å². The lowest BCUT2D eigenvalue weighted by atomic mass is 9.98. The molecule has 1 saturated heterocycles. The first-order valence-electron chi connectivity index (χ1n) is 8.90. The van der Waals surface area contributed by atoms with Gasteiger partial charge >= 0.3 is 5.97 Å². The van der Waals surface area contributed by atoms with Crippen molar-refractivity contribution in [3.8, 4) is 0 Å². The van der Waals surface area contributed by atoms with Gasteiger partial charge in [-0.05, 0) is 37.5 Å². The van der Waals surface area contributed by atoms with Crippen molar-refractivity contribution < 1.29 is 14.0 Å². The van der Waals surface area contributed by atoms with Crippen LogP contribution >= 0.6 is 0 Å². The van der Waals surface area contributed by atoms with E-state index < -0.39 is 0 Å². The number of ether oxygens (including phenoxy) is 1. The van der Waals surface area contributed by atoms with Crippen molar-refractivity contribution in [2.45, 2.75) is 65.7 Å². The molecule has 0 aliphatic carbocycles. The molecule has 1 aliphatic rings. The fourth-order valence-electron chi connectivity index (χ4n) is 3.18. The van der Waals surface area contributed by atoms with Crippen molar-refractivity contribution in [2.75, 3.05) is 33.3 Å². The average Bonchev–Trinajstić information content (AvgIpc) is 2.38. The smallest absolute Gasteiger partial charge is 0.361 e. The third-order valence-electron chi connectivity index (χ3n) is 4.76. The molecule has 3 heteroatoms. The number of carbonyl (C=O) groups excluding carboxylic acids is 1. The molecule has 1 atom stereocenters. The van der Waals surface area contributed by atoms with Crippen LogP contribution in [0.5, 0.6) is 0 Å². The standard InChI is InChI=1S/C18H36NO2/c1-16(2)9-8-10-17(3)11-14-21-18(20)15-19(4)12-6-5-7-13-19/h16-17H,5-15H2,1-4H3/q+1/t17-/m0/s1. The highest BCUT2D eigenvalue weighted by molar-refractivity contribution is 5.70. The van der Waals surface area contributed by atoms with E-state index in [0.29, 0.717) is 19.1 Å². The van der Waals surface area contributed by atoms with E-state index in [1.807, 2.05) is 0 Å². The first-order valence-corrected chi connectivity index (χ1v) is 8.90. The quantitative estimate of drug-likeness (QED) is 0.475. The summed E-state index contributed by atoms with van der Waals surface area (Å²) in [6, 6.07) is 0. The molecule has 0 N–H and O–H groups in total. The Balaban J connectivity index is 2.09. The van der Waals surface area contributed by atoms with Crippen LogP contribution in [0.15, 0.2) is 0 Å². The Kier molecular flexibility index (Phi) is 8.31. The highest BCUT2D eigenvalue weighted by atomic mass is 16.5. The maximum atomic E-state index is 12.0. The van der Waals surface area contributed by atoms with E-state index in [0.717, 1.165) is 29.9 Å². The molecular weight excluding hydrogens is 262 g/mol. The first kappa shape index (κ1) is 18.5. The fourth-order valence-corrected chi connectivity index (χ4v) is 3.18. The molecule has 3 nitrogen and oxygen atoms in total. The lowest BCUT2D eigenvalue weighted by molar-refractivity contribution is -0.907. The Labute approximate surface area is 131 Å². The highest BCUT2D eigenvalue weighted by Gasteiger charge is 2.28. The maximum absolute atomic E-state index is 12.0. The second kappa shape index (κ2) is 9.45. The Morgan fingerprint density at radius 3 is 2.33 bits per heavy atom. The van der Waals surface area contributed by atoms with Crippen LogP contribution in [0.4, 0.5) is 0 Å². The van der Waals surface area contributed by atoms with Crippen LogP contribution in [0.25, 0.3) is 0 Å². The van der Waals surface area contributed by atoms with E-state index in [4.69, 9.17) is 4.74 Å². The predicted molar refractivity (Wildman–Crippen MR) is 88.1 cm³/mol. The van der Waals surface area contributed by atoms with Gasteiger partial charge in [-0.1, -0.05) is 40.0 Å². The van der Waals surface area contributed by atoms with Crippen molar-refractivity contribution in [3.05, 3.63) is 0 Å². The van der Waals surface area contributed by atoms with E-state index >= 15 is 0 Å². The SMILES string of the molecule is CC(C)CCC[C@H](C)CCOC(=O)C[N+]1(C)CCCCC1. The molecule has 0 spiro atoms. The summed E-state index contributed by atoms with van der Waals surface area (Å²) in [5, 5.41) is 0. The molecule has 124 valence electrons. The number of piperidine rings is 1. The van der Waals surface area contributed by atoms with Crippen LogP contribution in [0, 0.1) is 11.8 Å². The summed E-state index contributed by atoms with van der Waals surface area (Å²) < 4.78 is 6.33. The summed E-state index contributed by atoms with van der Waals surface area (Å²) in [6.45, 7) is 10.2. The van der Waals surface area contributed by atoms with Crippen molar-refractivity contribution in [3.63, 3.8) is 0 Å². The molecule has 0 saturated carbocycles. The number of rotatable bonds is 9. The number of likely N-dealkylation sites (N-methyl/N-ethyl adjacent to an activating group) is 1. The lowest BCUT2D eigenvalue weighted by Gasteiger charge is -2.36. The Bertz CT molecular complexity index is 296. The summed E-state index contributed by atoms with van der Waals surface area (Å²) in [4.78, 5) is 12.0. The van der Waals surface area contributed by atoms with Gasteiger partial charge in [0.15, 0.2) is 6.54 Å². The number of carbonyl (C=O) groups is 1. The minimum atomic E-state index is -0.00576. The lowest BCUT2D eigenvalue weighted by Crippen LogP contribution is -2.51. The Morgan fingerprint density at radius 1 is 1.05 bits per heavy atom. The number of hydrogen-bond donors (Lipinski definition) is 0. The zero-order chi connectivity index (χ0) is 15.7. The van der Waals surface area contributed by atoms with Gasteiger partial charge in [0.05, 0.1) is 26.7 Å². The molecule has 0 aromatic heterocycles. The summed E-state index contributed by atoms with van der Waals surface area (Å²) >= 11 is 0. The normalized spacial score (nSPS) is 19.5. The van der Waals surface area contributed by atoms with Crippen LogP contribution < -0.4 is 0 Å². The van der Waals surface area contributed by atoms with E-state index in [2.05, 4.69) is 27.8 Å². The first-order chi connectivity index (χ1) is 9.91. The number of likely N-dealkylation sites (tertiary alicyclic amines) is 1. The molecule has 0 radical (unpaired) electrons. The van der Waals surface area contributed by atoms with Gasteiger partial charge in [-0.3, -0.25) is 0 Å². The molecule has 0 aromatic rings. The van der Waals surface area contributed by atoms with Crippen molar-refractivity contribution in [2.24, 2.45) is 11.8 Å². The zero-order valence-electron chi connectivity index (χ0n) is 14.7. The third kappa shape index (κ3) is 8.45. The second-order valence-electron chi connectivity index (χ2n) is 7.72. The molecule has 21 heavy (non-hydrogen) atoms. The minimum absolute atomic E-state index is 0.00576. The van der Waals surface area contributed by atoms with Gasteiger partial charge in [0.1, 0.15) is 0 Å². The summed E-state index contributed by atoms with van der Waals surface area (Å²) in [5.41, 5.74) is 0. The summed E-state index contributed by atoms with van der Waals surface area (Å²) in [6.07, 6.45) is 8.67. The molecule has 0 amide bonds. The van der Waals surface area contributed by atoms with Crippen molar-refractivity contribution in [1.82, 2.24) is 0 Å². The van der Waals surface area contributed by atoms with Crippen molar-refractivity contribution >= 4 is 5.97 Å². The number of nitrogens with zero attached hydrogens (tertiary/aromatic N) is 1. The molecule has 0 bridgehead atoms. The van der Waals surface area contributed by atoms with Gasteiger partial charge in [0.2, 0.25) is 0 Å². The number of hydrogen-bond acceptors (Lipinski definition) is 2. The molecule has 1 heterocycles. The summed E-state index contributed by atoms with van der Waals surface area (Å²) in [7, 11) is 2.19. The van der Waals surface area contributed by atoms with E-state index in [9.17, 15) is 4.79 Å². The van der Waals surface area contributed by atoms with Crippen LogP contribution in [0.1, 0.15) is 65.7 Å². The van der Waals surface area contributed by atoms with Crippen molar-refractivity contribution in [1.29, 1.82) is 0 Å². The molecule has 1 rings (SSSR count). The van der Waals surface area contributed by atoms with Gasteiger partial charge in [-0.2, -0.15) is 0 Å². The molecule has 0 unspecified atom stereocenters. The maximum Gasteiger partial charge on any atom is 0.361 e. The van der Waals surface area contributed by atoms with Gasteiger partial charge in [-0.15, -0.1) is 0 Å². The largest absolute Gasteiger partial charge is 0.462 e. The average molecular weight is 298 g/mol. The predicted octanol–water partition coefficient (Wildman–Crippen LogP) is 4.01. The number of esters is 1. The third-order valence-corrected chi connectivity index (χ3v) is 4.76. The van der Waals surface area contributed by atoms with Crippen LogP contribution in [0.2, 0.25) is 0 Å². The van der Waals surface area contributed by atoms with E-state index in [1.165, 1.54) is 38.5 Å². The Hall–Kier alpha value is -0.570. The fraction of sp³-hybridized carbons (Fsp3) is 0.944. The highest BCUT2D eigenvalue weighted by Crippen LogP contribution is 2.17. The minimum Gasteiger partial charge on any atom is -0.462 e. The van der Waals surface area contributed by atoms with Crippen LogP contribution in [-0.2, 0) is 9.53 Å². The van der Waals surface area contributed by atoms with E-state index in [1.54, 1.807) is 0 Å². The monoisotopic (exact) mass is 298 g/mol.